The molecule has 1 aliphatic rings. The van der Waals surface area contributed by atoms with Gasteiger partial charge in [0.1, 0.15) is 5.54 Å². The molecule has 0 atom stereocenters. The lowest BCUT2D eigenvalue weighted by molar-refractivity contribution is -0.766. The molecular weight excluding hydrogens is 360 g/mol. The van der Waals surface area contributed by atoms with E-state index in [-0.39, 0.29) is 5.88 Å². The molecule has 0 N–H and O–H groups in total. The van der Waals surface area contributed by atoms with Crippen molar-refractivity contribution < 1.29 is 22.8 Å². The van der Waals surface area contributed by atoms with Gasteiger partial charge in [-0.05, 0) is 19.9 Å². The molecule has 0 aliphatic carbocycles. The summed E-state index contributed by atoms with van der Waals surface area (Å²) in [6.07, 6.45) is 5.68. The van der Waals surface area contributed by atoms with Crippen molar-refractivity contribution >= 4 is 21.8 Å². The predicted octanol–water partition coefficient (Wildman–Crippen LogP) is -1.21. The highest BCUT2D eigenvalue weighted by Gasteiger charge is 2.43. The summed E-state index contributed by atoms with van der Waals surface area (Å²) in [6, 6.07) is 3.25. The molecule has 0 radical (unpaired) electrons. The van der Waals surface area contributed by atoms with Crippen LogP contribution in [-0.4, -0.2) is 60.3 Å². The monoisotopic (exact) mass is 380 g/mol. The topological polar surface area (TPSA) is 119 Å². The van der Waals surface area contributed by atoms with Crippen LogP contribution in [0, 0.1) is 0 Å². The average Bonchev–Trinajstić information content (AvgIpc) is 3.01. The number of aliphatic imine (C=N–C) groups is 1. The van der Waals surface area contributed by atoms with Crippen molar-refractivity contribution in [3.05, 3.63) is 36.3 Å². The highest BCUT2D eigenvalue weighted by Crippen LogP contribution is 2.19. The van der Waals surface area contributed by atoms with Crippen LogP contribution in [0.25, 0.3) is 0 Å². The minimum absolute atomic E-state index is 0.0557. The summed E-state index contributed by atoms with van der Waals surface area (Å²) < 4.78 is 30.1. The van der Waals surface area contributed by atoms with Crippen molar-refractivity contribution in [3.8, 4) is 0 Å². The Morgan fingerprint density at radius 1 is 1.42 bits per heavy atom. The molecule has 0 unspecified atom stereocenters. The molecule has 26 heavy (non-hydrogen) atoms. The molecule has 2 aromatic rings. The number of piperazine rings is 1. The van der Waals surface area contributed by atoms with Crippen LogP contribution in [0.15, 0.2) is 40.2 Å². The number of hydrogen-bond donors (Lipinski definition) is 0. The second-order valence-electron chi connectivity index (χ2n) is 6.65. The third kappa shape index (κ3) is 3.83. The Morgan fingerprint density at radius 3 is 2.81 bits per heavy atom. The lowest BCUT2D eigenvalue weighted by atomic mass is 10.0. The standard InChI is InChI=1S/C15H20N6O4S/c1-15(2)11-19(26(3,23)24)7-8-20(15)21-10-13(25-18-21)17-14(22)12-5-4-6-16-9-12/h4-6,9-10H,7-8,11H2,1-3H3. The second-order valence-corrected chi connectivity index (χ2v) is 8.63. The van der Waals surface area contributed by atoms with Crippen molar-refractivity contribution in [1.82, 2.24) is 14.6 Å². The maximum Gasteiger partial charge on any atom is 0.324 e. The highest BCUT2D eigenvalue weighted by atomic mass is 32.2. The first-order valence-corrected chi connectivity index (χ1v) is 9.79. The zero-order valence-electron chi connectivity index (χ0n) is 14.7. The maximum atomic E-state index is 12.1. The van der Waals surface area contributed by atoms with Gasteiger partial charge < -0.3 is 5.11 Å². The maximum absolute atomic E-state index is 12.1. The van der Waals surface area contributed by atoms with Gasteiger partial charge in [-0.25, -0.2) is 13.4 Å². The summed E-state index contributed by atoms with van der Waals surface area (Å²) in [5.74, 6) is -0.428. The van der Waals surface area contributed by atoms with Crippen LogP contribution in [-0.2, 0) is 10.0 Å². The Bertz CT molecular complexity index is 909. The van der Waals surface area contributed by atoms with E-state index in [4.69, 9.17) is 4.52 Å². The fourth-order valence-electron chi connectivity index (χ4n) is 2.81. The van der Waals surface area contributed by atoms with Crippen molar-refractivity contribution in [2.45, 2.75) is 19.4 Å². The zero-order chi connectivity index (χ0) is 18.9. The van der Waals surface area contributed by atoms with Crippen LogP contribution in [0.1, 0.15) is 19.4 Å². The lowest BCUT2D eigenvalue weighted by Crippen LogP contribution is -2.74. The molecule has 3 heterocycles. The summed E-state index contributed by atoms with van der Waals surface area (Å²) in [7, 11) is -3.26. The number of aromatic nitrogens is 3. The van der Waals surface area contributed by atoms with E-state index in [0.717, 1.165) is 0 Å². The van der Waals surface area contributed by atoms with Crippen LogP contribution in [0.2, 0.25) is 0 Å². The van der Waals surface area contributed by atoms with Gasteiger partial charge in [-0.3, -0.25) is 9.51 Å². The van der Waals surface area contributed by atoms with Gasteiger partial charge in [-0.15, -0.1) is 5.01 Å². The zero-order valence-corrected chi connectivity index (χ0v) is 15.5. The molecule has 11 heteroatoms. The smallest absolute Gasteiger partial charge is 0.324 e. The number of rotatable bonds is 4. The Hall–Kier alpha value is -2.53. The number of pyridine rings is 1. The minimum atomic E-state index is -3.26. The second kappa shape index (κ2) is 6.65. The predicted molar refractivity (Wildman–Crippen MR) is 90.7 cm³/mol. The summed E-state index contributed by atoms with van der Waals surface area (Å²) in [6.45, 7) is 4.89. The lowest BCUT2D eigenvalue weighted by Gasteiger charge is -2.40. The van der Waals surface area contributed by atoms with E-state index in [9.17, 15) is 13.5 Å². The first-order valence-electron chi connectivity index (χ1n) is 7.95. The van der Waals surface area contributed by atoms with Crippen LogP contribution in [0.3, 0.4) is 0 Å². The van der Waals surface area contributed by atoms with Crippen LogP contribution in [0.4, 0.5) is 5.88 Å². The molecule has 0 saturated carbocycles. The molecule has 1 saturated heterocycles. The Kier molecular flexibility index (Phi) is 4.67. The number of nitrogens with zero attached hydrogens (tertiary/aromatic N) is 6. The van der Waals surface area contributed by atoms with Gasteiger partial charge in [0.2, 0.25) is 15.3 Å². The third-order valence-electron chi connectivity index (χ3n) is 4.10. The first-order chi connectivity index (χ1) is 12.2. The number of hydrogen-bond acceptors (Lipinski definition) is 8. The normalized spacial score (nSPS) is 18.9. The summed E-state index contributed by atoms with van der Waals surface area (Å²) in [4.78, 5) is 9.22. The third-order valence-corrected chi connectivity index (χ3v) is 5.35. The quantitative estimate of drug-likeness (QED) is 0.371. The fraction of sp³-hybridized carbons (Fsp3) is 0.467. The largest absolute Gasteiger partial charge is 0.858 e. The van der Waals surface area contributed by atoms with E-state index >= 15 is 0 Å². The van der Waals surface area contributed by atoms with E-state index in [1.54, 1.807) is 18.3 Å². The van der Waals surface area contributed by atoms with E-state index in [1.165, 1.54) is 27.7 Å². The number of sulfonamides is 1. The van der Waals surface area contributed by atoms with Crippen LogP contribution < -0.4 is 14.9 Å². The summed E-state index contributed by atoms with van der Waals surface area (Å²) in [5.41, 5.74) is -0.175. The van der Waals surface area contributed by atoms with E-state index in [0.29, 0.717) is 25.2 Å². The van der Waals surface area contributed by atoms with Crippen molar-refractivity contribution in [2.75, 3.05) is 30.9 Å². The molecule has 10 nitrogen and oxygen atoms in total. The van der Waals surface area contributed by atoms with Crippen molar-refractivity contribution in [3.63, 3.8) is 0 Å². The molecule has 2 aromatic heterocycles. The van der Waals surface area contributed by atoms with Gasteiger partial charge in [0.05, 0.1) is 17.6 Å². The molecule has 1 fully saturated rings. The molecular formula is C15H20N6O4S. The van der Waals surface area contributed by atoms with Gasteiger partial charge in [-0.2, -0.15) is 4.31 Å². The fourth-order valence-corrected chi connectivity index (χ4v) is 3.77. The molecule has 3 rings (SSSR count). The van der Waals surface area contributed by atoms with Gasteiger partial charge in [0, 0.05) is 36.9 Å². The van der Waals surface area contributed by atoms with Gasteiger partial charge in [0.15, 0.2) is 0 Å². The Balaban J connectivity index is 1.80. The molecule has 140 valence electrons. The first kappa shape index (κ1) is 18.3. The van der Waals surface area contributed by atoms with Crippen LogP contribution in [0.5, 0.6) is 0 Å². The molecule has 0 aromatic carbocycles. The summed E-state index contributed by atoms with van der Waals surface area (Å²) >= 11 is 0. The Morgan fingerprint density at radius 2 is 2.19 bits per heavy atom. The van der Waals surface area contributed by atoms with Gasteiger partial charge >= 0.3 is 5.88 Å². The molecule has 0 amide bonds. The van der Waals surface area contributed by atoms with E-state index in [1.807, 2.05) is 18.9 Å². The molecule has 1 aliphatic heterocycles. The van der Waals surface area contributed by atoms with E-state index in [2.05, 4.69) is 15.2 Å². The highest BCUT2D eigenvalue weighted by molar-refractivity contribution is 7.88. The van der Waals surface area contributed by atoms with Crippen molar-refractivity contribution in [1.29, 1.82) is 0 Å². The Labute approximate surface area is 151 Å². The van der Waals surface area contributed by atoms with E-state index < -0.39 is 21.5 Å². The van der Waals surface area contributed by atoms with Crippen molar-refractivity contribution in [2.24, 2.45) is 4.99 Å². The van der Waals surface area contributed by atoms with Gasteiger partial charge in [0.25, 0.3) is 6.20 Å². The molecule has 0 bridgehead atoms. The van der Waals surface area contributed by atoms with Gasteiger partial charge in [-0.1, -0.05) is 6.07 Å². The molecule has 0 spiro atoms. The SMILES string of the molecule is CC1(C)CN(S(C)(=O)=O)CCN1[n+]1cc(N=C([O-])c2cccnc2)on1. The average molecular weight is 380 g/mol. The minimum Gasteiger partial charge on any atom is -0.858 e. The summed E-state index contributed by atoms with van der Waals surface area (Å²) in [5, 5.41) is 17.9. The van der Waals surface area contributed by atoms with Crippen LogP contribution >= 0.6 is 0 Å².